The van der Waals surface area contributed by atoms with Gasteiger partial charge in [0.1, 0.15) is 17.8 Å². The number of benzene rings is 1. The highest BCUT2D eigenvalue weighted by Crippen LogP contribution is 2.36. The number of halogens is 3. The van der Waals surface area contributed by atoms with Gasteiger partial charge in [0.05, 0.1) is 13.5 Å². The lowest BCUT2D eigenvalue weighted by Gasteiger charge is -2.21. The Morgan fingerprint density at radius 2 is 1.77 bits per heavy atom. The van der Waals surface area contributed by atoms with Crippen LogP contribution < -0.4 is 10.6 Å². The molecule has 0 saturated heterocycles. The molecule has 0 saturated carbocycles. The molecule has 0 unspecified atom stereocenters. The molecule has 4 N–H and O–H groups in total. The van der Waals surface area contributed by atoms with E-state index in [0.29, 0.717) is 0 Å². The molecule has 0 aliphatic rings. The predicted molar refractivity (Wildman–Crippen MR) is 101 cm³/mol. The number of para-hydroxylation sites is 1. The van der Waals surface area contributed by atoms with Gasteiger partial charge < -0.3 is 25.5 Å². The third-order valence-electron chi connectivity index (χ3n) is 4.38. The Morgan fingerprint density at radius 1 is 1.13 bits per heavy atom. The number of H-pyrrole nitrogens is 1. The lowest BCUT2D eigenvalue weighted by Crippen LogP contribution is -2.53. The van der Waals surface area contributed by atoms with Crippen molar-refractivity contribution in [2.45, 2.75) is 38.0 Å². The monoisotopic (exact) mass is 443 g/mol. The molecule has 1 aromatic heterocycles. The van der Waals surface area contributed by atoms with E-state index in [4.69, 9.17) is 5.11 Å². The number of hydrogen-bond acceptors (Lipinski definition) is 5. The predicted octanol–water partition coefficient (Wildman–Crippen LogP) is 1.37. The minimum absolute atomic E-state index is 0.185. The summed E-state index contributed by atoms with van der Waals surface area (Å²) < 4.78 is 45.1. The number of alkyl halides is 3. The van der Waals surface area contributed by atoms with Crippen molar-refractivity contribution in [3.8, 4) is 0 Å². The second-order valence-corrected chi connectivity index (χ2v) is 6.66. The van der Waals surface area contributed by atoms with E-state index in [9.17, 15) is 32.3 Å². The molecule has 2 aromatic rings. The Balaban J connectivity index is 2.42. The van der Waals surface area contributed by atoms with Gasteiger partial charge in [0, 0.05) is 24.2 Å². The van der Waals surface area contributed by atoms with E-state index < -0.39 is 60.5 Å². The highest BCUT2D eigenvalue weighted by Gasteiger charge is 2.38. The van der Waals surface area contributed by atoms with Gasteiger partial charge in [-0.25, -0.2) is 4.79 Å². The van der Waals surface area contributed by atoms with E-state index in [1.165, 1.54) is 24.3 Å². The normalized spacial score (nSPS) is 13.3. The molecule has 0 aliphatic heterocycles. The lowest BCUT2D eigenvalue weighted by molar-refractivity contribution is -0.149. The maximum absolute atomic E-state index is 13.6. The van der Waals surface area contributed by atoms with Gasteiger partial charge in [-0.15, -0.1) is 0 Å². The van der Waals surface area contributed by atoms with Crippen molar-refractivity contribution in [1.82, 2.24) is 15.6 Å². The summed E-state index contributed by atoms with van der Waals surface area (Å²) in [6.45, 7) is 1.06. The number of aliphatic carboxylic acids is 1. The molecule has 0 spiro atoms. The minimum atomic E-state index is -4.76. The smallest absolute Gasteiger partial charge is 0.431 e. The first-order valence-electron chi connectivity index (χ1n) is 8.98. The summed E-state index contributed by atoms with van der Waals surface area (Å²) in [5.74, 6) is -4.21. The van der Waals surface area contributed by atoms with Crippen molar-refractivity contribution >= 4 is 34.7 Å². The van der Waals surface area contributed by atoms with Crippen LogP contribution in [-0.2, 0) is 36.5 Å². The molecule has 1 aromatic carbocycles. The van der Waals surface area contributed by atoms with Crippen LogP contribution in [0.1, 0.15) is 24.6 Å². The van der Waals surface area contributed by atoms with E-state index in [2.05, 4.69) is 20.4 Å². The maximum atomic E-state index is 13.6. The third-order valence-corrected chi connectivity index (χ3v) is 4.38. The van der Waals surface area contributed by atoms with Gasteiger partial charge in [0.15, 0.2) is 0 Å². The van der Waals surface area contributed by atoms with Crippen LogP contribution >= 0.6 is 0 Å². The van der Waals surface area contributed by atoms with Gasteiger partial charge in [-0.2, -0.15) is 13.2 Å². The number of nitrogens with one attached hydrogen (secondary N) is 3. The largest absolute Gasteiger partial charge is 0.481 e. The van der Waals surface area contributed by atoms with Crippen LogP contribution in [-0.4, -0.2) is 53.0 Å². The van der Waals surface area contributed by atoms with Crippen LogP contribution in [0.5, 0.6) is 0 Å². The average molecular weight is 443 g/mol. The zero-order chi connectivity index (χ0) is 23.3. The second kappa shape index (κ2) is 9.49. The number of esters is 1. The average Bonchev–Trinajstić information content (AvgIpc) is 3.04. The first kappa shape index (κ1) is 23.7. The molecule has 0 fully saturated rings. The number of ether oxygens (including phenoxy) is 1. The Morgan fingerprint density at radius 3 is 2.32 bits per heavy atom. The molecule has 0 aliphatic carbocycles. The summed E-state index contributed by atoms with van der Waals surface area (Å²) in [5.41, 5.74) is -1.15. The molecule has 2 amide bonds. The number of aromatic nitrogens is 1. The fourth-order valence-corrected chi connectivity index (χ4v) is 3.10. The molecule has 0 radical (unpaired) electrons. The van der Waals surface area contributed by atoms with Crippen LogP contribution in [0.15, 0.2) is 24.3 Å². The maximum Gasteiger partial charge on any atom is 0.431 e. The number of amides is 2. The highest BCUT2D eigenvalue weighted by molar-refractivity contribution is 5.93. The zero-order valence-electron chi connectivity index (χ0n) is 16.5. The minimum Gasteiger partial charge on any atom is -0.481 e. The van der Waals surface area contributed by atoms with Crippen molar-refractivity contribution < 1.29 is 42.2 Å². The molecule has 0 bridgehead atoms. The van der Waals surface area contributed by atoms with Crippen LogP contribution in [0.3, 0.4) is 0 Å². The number of rotatable bonds is 8. The number of hydrogen-bond donors (Lipinski definition) is 4. The molecule has 2 atom stereocenters. The summed E-state index contributed by atoms with van der Waals surface area (Å²) in [4.78, 5) is 49.3. The lowest BCUT2D eigenvalue weighted by atomic mass is 10.0. The van der Waals surface area contributed by atoms with E-state index >= 15 is 0 Å². The topological polar surface area (TPSA) is 138 Å². The first-order chi connectivity index (χ1) is 14.4. The van der Waals surface area contributed by atoms with Crippen LogP contribution in [0.25, 0.3) is 10.9 Å². The van der Waals surface area contributed by atoms with Crippen molar-refractivity contribution in [2.75, 3.05) is 7.11 Å². The SMILES string of the molecule is COC(=O)[C@H](CC(=O)O)NC(=O)[C@H](Cc1c(C(F)(F)F)[nH]c2ccccc12)NC(C)=O. The second-order valence-electron chi connectivity index (χ2n) is 6.66. The number of carboxylic acid groups (broad SMARTS) is 1. The van der Waals surface area contributed by atoms with Crippen LogP contribution in [0.2, 0.25) is 0 Å². The number of aromatic amines is 1. The van der Waals surface area contributed by atoms with Crippen molar-refractivity contribution in [1.29, 1.82) is 0 Å². The molecule has 168 valence electrons. The fourth-order valence-electron chi connectivity index (χ4n) is 3.10. The van der Waals surface area contributed by atoms with E-state index in [0.717, 1.165) is 14.0 Å². The van der Waals surface area contributed by atoms with Crippen molar-refractivity contribution in [3.63, 3.8) is 0 Å². The molecule has 31 heavy (non-hydrogen) atoms. The van der Waals surface area contributed by atoms with Gasteiger partial charge in [0.2, 0.25) is 11.8 Å². The quantitative estimate of drug-likeness (QED) is 0.455. The number of methoxy groups -OCH3 is 1. The summed E-state index contributed by atoms with van der Waals surface area (Å²) in [6, 6.07) is 2.82. The number of carbonyl (C=O) groups is 4. The van der Waals surface area contributed by atoms with Gasteiger partial charge in [-0.1, -0.05) is 18.2 Å². The summed E-state index contributed by atoms with van der Waals surface area (Å²) in [5, 5.41) is 13.5. The van der Waals surface area contributed by atoms with Gasteiger partial charge in [-0.05, 0) is 11.6 Å². The van der Waals surface area contributed by atoms with Crippen LogP contribution in [0.4, 0.5) is 13.2 Å². The summed E-state index contributed by atoms with van der Waals surface area (Å²) in [7, 11) is 0.982. The Labute approximate surface area is 173 Å². The third kappa shape index (κ3) is 5.96. The first-order valence-corrected chi connectivity index (χ1v) is 8.98. The Kier molecular flexibility index (Phi) is 7.26. The summed E-state index contributed by atoms with van der Waals surface area (Å²) >= 11 is 0. The van der Waals surface area contributed by atoms with Crippen molar-refractivity contribution in [3.05, 3.63) is 35.5 Å². The molecular formula is C19H20F3N3O6. The summed E-state index contributed by atoms with van der Waals surface area (Å²) in [6.07, 6.45) is -6.14. The molecule has 1 heterocycles. The van der Waals surface area contributed by atoms with Crippen molar-refractivity contribution in [2.24, 2.45) is 0 Å². The van der Waals surface area contributed by atoms with E-state index in [1.54, 1.807) is 0 Å². The standard InChI is InChI=1S/C19H20F3N3O6/c1-9(26)23-13(17(29)25-14(8-15(27)28)18(30)31-2)7-11-10-5-3-4-6-12(10)24-16(11)19(20,21)22/h3-6,13-14,24H,7-8H2,1-2H3,(H,23,26)(H,25,29)(H,27,28)/t13-,14-/m0/s1. The van der Waals surface area contributed by atoms with E-state index in [-0.39, 0.29) is 16.5 Å². The molecule has 9 nitrogen and oxygen atoms in total. The number of fused-ring (bicyclic) bond motifs is 1. The van der Waals surface area contributed by atoms with Gasteiger partial charge >= 0.3 is 18.1 Å². The Hall–Kier alpha value is -3.57. The van der Waals surface area contributed by atoms with Crippen LogP contribution in [0, 0.1) is 0 Å². The Bertz CT molecular complexity index is 1000. The molecular weight excluding hydrogens is 423 g/mol. The number of carboxylic acids is 1. The molecule has 12 heteroatoms. The molecule has 2 rings (SSSR count). The number of carbonyl (C=O) groups excluding carboxylic acids is 3. The van der Waals surface area contributed by atoms with Gasteiger partial charge in [0.25, 0.3) is 0 Å². The fraction of sp³-hybridized carbons (Fsp3) is 0.368. The van der Waals surface area contributed by atoms with Gasteiger partial charge in [-0.3, -0.25) is 14.4 Å². The van der Waals surface area contributed by atoms with E-state index in [1.807, 2.05) is 0 Å². The highest BCUT2D eigenvalue weighted by atomic mass is 19.4. The zero-order valence-corrected chi connectivity index (χ0v) is 16.5.